The summed E-state index contributed by atoms with van der Waals surface area (Å²) < 4.78 is 5.82. The van der Waals surface area contributed by atoms with Crippen molar-refractivity contribution in [3.8, 4) is 5.75 Å². The summed E-state index contributed by atoms with van der Waals surface area (Å²) in [4.78, 5) is 2.37. The van der Waals surface area contributed by atoms with Crippen molar-refractivity contribution in [3.63, 3.8) is 0 Å². The van der Waals surface area contributed by atoms with Crippen LogP contribution >= 0.6 is 11.8 Å². The summed E-state index contributed by atoms with van der Waals surface area (Å²) in [7, 11) is 2.17. The molecule has 1 rings (SSSR count). The van der Waals surface area contributed by atoms with E-state index >= 15 is 0 Å². The van der Waals surface area contributed by atoms with Crippen molar-refractivity contribution in [2.45, 2.75) is 32.9 Å². The average molecular weight is 311 g/mol. The standard InChI is InChI=1S/C17H30N2OS/c1-5-18-14-16-6-8-17(9-7-16)20-12-11-19(3)15(2)10-13-21-4/h6-9,15,18H,5,10-14H2,1-4H3. The van der Waals surface area contributed by atoms with Gasteiger partial charge in [0.15, 0.2) is 0 Å². The second-order valence-corrected chi connectivity index (χ2v) is 6.37. The molecular weight excluding hydrogens is 280 g/mol. The lowest BCUT2D eigenvalue weighted by atomic mass is 10.2. The number of rotatable bonds is 11. The summed E-state index contributed by atoms with van der Waals surface area (Å²) >= 11 is 1.91. The van der Waals surface area contributed by atoms with E-state index in [1.807, 2.05) is 11.8 Å². The van der Waals surface area contributed by atoms with E-state index in [2.05, 4.69) is 61.6 Å². The number of ether oxygens (including phenoxy) is 1. The lowest BCUT2D eigenvalue weighted by molar-refractivity contribution is 0.197. The molecule has 1 aromatic carbocycles. The number of nitrogens with one attached hydrogen (secondary N) is 1. The highest BCUT2D eigenvalue weighted by molar-refractivity contribution is 7.98. The van der Waals surface area contributed by atoms with Gasteiger partial charge in [-0.25, -0.2) is 0 Å². The van der Waals surface area contributed by atoms with Crippen molar-refractivity contribution in [2.24, 2.45) is 0 Å². The predicted molar refractivity (Wildman–Crippen MR) is 94.4 cm³/mol. The Morgan fingerprint density at radius 2 is 2.00 bits per heavy atom. The third-order valence-corrected chi connectivity index (χ3v) is 4.35. The normalized spacial score (nSPS) is 12.6. The predicted octanol–water partition coefficient (Wildman–Crippen LogP) is 3.25. The van der Waals surface area contributed by atoms with Crippen LogP contribution in [0.4, 0.5) is 0 Å². The fourth-order valence-corrected chi connectivity index (χ4v) is 2.59. The van der Waals surface area contributed by atoms with Crippen molar-refractivity contribution in [2.75, 3.05) is 38.8 Å². The highest BCUT2D eigenvalue weighted by atomic mass is 32.2. The van der Waals surface area contributed by atoms with Gasteiger partial charge in [-0.1, -0.05) is 19.1 Å². The Morgan fingerprint density at radius 1 is 1.29 bits per heavy atom. The van der Waals surface area contributed by atoms with E-state index in [0.717, 1.165) is 32.0 Å². The van der Waals surface area contributed by atoms with Crippen molar-refractivity contribution in [1.82, 2.24) is 10.2 Å². The van der Waals surface area contributed by atoms with Gasteiger partial charge in [0.05, 0.1) is 0 Å². The number of benzene rings is 1. The smallest absolute Gasteiger partial charge is 0.119 e. The minimum Gasteiger partial charge on any atom is -0.492 e. The summed E-state index contributed by atoms with van der Waals surface area (Å²) in [5.74, 6) is 2.18. The van der Waals surface area contributed by atoms with Crippen molar-refractivity contribution < 1.29 is 4.74 Å². The van der Waals surface area contributed by atoms with Crippen LogP contribution in [0.25, 0.3) is 0 Å². The molecule has 4 heteroatoms. The van der Waals surface area contributed by atoms with E-state index in [-0.39, 0.29) is 0 Å². The van der Waals surface area contributed by atoms with Crippen LogP contribution in [0.15, 0.2) is 24.3 Å². The van der Waals surface area contributed by atoms with Crippen molar-refractivity contribution >= 4 is 11.8 Å². The Kier molecular flexibility index (Phi) is 9.55. The molecule has 0 aliphatic heterocycles. The zero-order chi connectivity index (χ0) is 15.5. The Hall–Kier alpha value is -0.710. The van der Waals surface area contributed by atoms with E-state index in [0.29, 0.717) is 6.04 Å². The third kappa shape index (κ3) is 7.74. The van der Waals surface area contributed by atoms with Crippen LogP contribution in [0.2, 0.25) is 0 Å². The number of nitrogens with zero attached hydrogens (tertiary/aromatic N) is 1. The molecule has 120 valence electrons. The summed E-state index contributed by atoms with van der Waals surface area (Å²) in [5.41, 5.74) is 1.30. The number of likely N-dealkylation sites (N-methyl/N-ethyl adjacent to an activating group) is 1. The van der Waals surface area contributed by atoms with Gasteiger partial charge in [-0.05, 0) is 56.6 Å². The van der Waals surface area contributed by atoms with E-state index < -0.39 is 0 Å². The molecule has 0 amide bonds. The molecule has 3 nitrogen and oxygen atoms in total. The second kappa shape index (κ2) is 10.9. The molecule has 0 radical (unpaired) electrons. The van der Waals surface area contributed by atoms with Crippen LogP contribution in [0.1, 0.15) is 25.8 Å². The molecule has 1 unspecified atom stereocenters. The van der Waals surface area contributed by atoms with Crippen LogP contribution in [-0.2, 0) is 6.54 Å². The fraction of sp³-hybridized carbons (Fsp3) is 0.647. The lowest BCUT2D eigenvalue weighted by Crippen LogP contribution is -2.33. The molecule has 0 bridgehead atoms. The van der Waals surface area contributed by atoms with Crippen molar-refractivity contribution in [3.05, 3.63) is 29.8 Å². The molecule has 0 saturated heterocycles. The molecule has 1 atom stereocenters. The summed E-state index contributed by atoms with van der Waals surface area (Å²) in [6, 6.07) is 8.99. The topological polar surface area (TPSA) is 24.5 Å². The number of hydrogen-bond acceptors (Lipinski definition) is 4. The SMILES string of the molecule is CCNCc1ccc(OCCN(C)C(C)CCSC)cc1. The van der Waals surface area contributed by atoms with Gasteiger partial charge in [0.1, 0.15) is 12.4 Å². The molecule has 1 N–H and O–H groups in total. The average Bonchev–Trinajstić information content (AvgIpc) is 2.51. The summed E-state index contributed by atoms with van der Waals surface area (Å²) in [6.45, 7) is 8.03. The quantitative estimate of drug-likeness (QED) is 0.678. The van der Waals surface area contributed by atoms with E-state index in [9.17, 15) is 0 Å². The largest absolute Gasteiger partial charge is 0.492 e. The van der Waals surface area contributed by atoms with Gasteiger partial charge in [-0.15, -0.1) is 0 Å². The van der Waals surface area contributed by atoms with Crippen LogP contribution in [0.5, 0.6) is 5.75 Å². The Balaban J connectivity index is 2.25. The maximum Gasteiger partial charge on any atom is 0.119 e. The molecular formula is C17H30N2OS. The highest BCUT2D eigenvalue weighted by Crippen LogP contribution is 2.12. The van der Waals surface area contributed by atoms with Gasteiger partial charge in [0, 0.05) is 19.1 Å². The number of thioether (sulfide) groups is 1. The summed E-state index contributed by atoms with van der Waals surface area (Å²) in [5, 5.41) is 3.32. The molecule has 0 aliphatic rings. The van der Waals surface area contributed by atoms with Crippen LogP contribution < -0.4 is 10.1 Å². The molecule has 0 heterocycles. The van der Waals surface area contributed by atoms with Crippen LogP contribution in [0, 0.1) is 0 Å². The molecule has 21 heavy (non-hydrogen) atoms. The van der Waals surface area contributed by atoms with Gasteiger partial charge in [0.25, 0.3) is 0 Å². The van der Waals surface area contributed by atoms with E-state index in [4.69, 9.17) is 4.74 Å². The van der Waals surface area contributed by atoms with E-state index in [1.54, 1.807) is 0 Å². The highest BCUT2D eigenvalue weighted by Gasteiger charge is 2.08. The first kappa shape index (κ1) is 18.3. The van der Waals surface area contributed by atoms with Crippen LogP contribution in [0.3, 0.4) is 0 Å². The molecule has 0 spiro atoms. The lowest BCUT2D eigenvalue weighted by Gasteiger charge is -2.24. The second-order valence-electron chi connectivity index (χ2n) is 5.38. The molecule has 0 aromatic heterocycles. The maximum absolute atomic E-state index is 5.82. The first-order chi connectivity index (χ1) is 10.2. The Labute approximate surface area is 134 Å². The molecule has 0 saturated carbocycles. The van der Waals surface area contributed by atoms with E-state index in [1.165, 1.54) is 17.7 Å². The minimum atomic E-state index is 0.614. The first-order valence-corrected chi connectivity index (χ1v) is 9.18. The monoisotopic (exact) mass is 310 g/mol. The van der Waals surface area contributed by atoms with Gasteiger partial charge in [-0.2, -0.15) is 11.8 Å². The third-order valence-electron chi connectivity index (χ3n) is 3.71. The van der Waals surface area contributed by atoms with Gasteiger partial charge >= 0.3 is 0 Å². The fourth-order valence-electron chi connectivity index (χ4n) is 2.01. The minimum absolute atomic E-state index is 0.614. The van der Waals surface area contributed by atoms with Gasteiger partial charge in [-0.3, -0.25) is 0 Å². The maximum atomic E-state index is 5.82. The molecule has 1 aromatic rings. The van der Waals surface area contributed by atoms with Gasteiger partial charge in [0.2, 0.25) is 0 Å². The van der Waals surface area contributed by atoms with Gasteiger partial charge < -0.3 is 15.0 Å². The van der Waals surface area contributed by atoms with Crippen molar-refractivity contribution in [1.29, 1.82) is 0 Å². The molecule has 0 aliphatic carbocycles. The zero-order valence-electron chi connectivity index (χ0n) is 13.9. The first-order valence-electron chi connectivity index (χ1n) is 7.79. The number of hydrogen-bond donors (Lipinski definition) is 1. The Bertz CT molecular complexity index is 370. The summed E-state index contributed by atoms with van der Waals surface area (Å²) in [6.07, 6.45) is 3.40. The van der Waals surface area contributed by atoms with Crippen LogP contribution in [-0.4, -0.2) is 49.7 Å². The molecule has 0 fully saturated rings. The Morgan fingerprint density at radius 3 is 2.62 bits per heavy atom. The zero-order valence-corrected chi connectivity index (χ0v) is 14.7.